The van der Waals surface area contributed by atoms with E-state index in [1.165, 1.54) is 16.7 Å². The average Bonchev–Trinajstić information content (AvgIpc) is 2.45. The van der Waals surface area contributed by atoms with Crippen molar-refractivity contribution in [2.45, 2.75) is 19.8 Å². The van der Waals surface area contributed by atoms with Crippen molar-refractivity contribution in [3.8, 4) is 5.88 Å². The smallest absolute Gasteiger partial charge is 0.230 e. The van der Waals surface area contributed by atoms with E-state index in [0.29, 0.717) is 0 Å². The Bertz CT molecular complexity index is 476. The zero-order chi connectivity index (χ0) is 10.3. The molecule has 0 amide bonds. The normalized spacial score (nSPS) is 11.4. The van der Waals surface area contributed by atoms with Crippen molar-refractivity contribution in [3.63, 3.8) is 0 Å². The summed E-state index contributed by atoms with van der Waals surface area (Å²) in [6.07, 6.45) is 3.17. The van der Waals surface area contributed by atoms with E-state index < -0.39 is 5.82 Å². The van der Waals surface area contributed by atoms with E-state index in [0.717, 1.165) is 5.56 Å². The molecular weight excluding hydrogens is 183 g/mol. The average molecular weight is 194 g/mol. The van der Waals surface area contributed by atoms with Crippen LogP contribution in [-0.4, -0.2) is 14.5 Å². The molecule has 0 atom stereocenters. The van der Waals surface area contributed by atoms with Crippen molar-refractivity contribution in [1.29, 1.82) is 0 Å². The molecule has 0 bridgehead atoms. The van der Waals surface area contributed by atoms with Crippen LogP contribution in [0, 0.1) is 5.82 Å². The summed E-state index contributed by atoms with van der Waals surface area (Å²) in [6, 6.07) is 1.45. The second kappa shape index (κ2) is 2.97. The molecule has 4 heteroatoms. The Kier molecular flexibility index (Phi) is 1.91. The number of halogens is 1. The zero-order valence-corrected chi connectivity index (χ0v) is 8.03. The minimum absolute atomic E-state index is 0.159. The van der Waals surface area contributed by atoms with E-state index >= 15 is 0 Å². The standard InChI is InChI=1S/C10H11FN2O/c1-6(2)7-3-8(11)10-12-9(14)5-13(10)4-7/h3-6,14H,1-2H3. The van der Waals surface area contributed by atoms with Gasteiger partial charge in [0.1, 0.15) is 0 Å². The lowest BCUT2D eigenvalue weighted by molar-refractivity contribution is 0.457. The summed E-state index contributed by atoms with van der Waals surface area (Å²) >= 11 is 0. The molecule has 0 radical (unpaired) electrons. The van der Waals surface area contributed by atoms with Gasteiger partial charge in [0.2, 0.25) is 5.88 Å². The first-order valence-electron chi connectivity index (χ1n) is 4.45. The van der Waals surface area contributed by atoms with E-state index in [1.807, 2.05) is 13.8 Å². The van der Waals surface area contributed by atoms with Crippen molar-refractivity contribution >= 4 is 5.65 Å². The predicted molar refractivity (Wildman–Crippen MR) is 50.9 cm³/mol. The molecule has 1 N–H and O–H groups in total. The highest BCUT2D eigenvalue weighted by molar-refractivity contribution is 5.44. The van der Waals surface area contributed by atoms with Crippen LogP contribution in [0.3, 0.4) is 0 Å². The van der Waals surface area contributed by atoms with Crippen LogP contribution < -0.4 is 0 Å². The lowest BCUT2D eigenvalue weighted by Gasteiger charge is -2.05. The van der Waals surface area contributed by atoms with Gasteiger partial charge in [-0.05, 0) is 17.5 Å². The Morgan fingerprint density at radius 3 is 2.79 bits per heavy atom. The predicted octanol–water partition coefficient (Wildman–Crippen LogP) is 2.30. The van der Waals surface area contributed by atoms with E-state index in [1.54, 1.807) is 6.20 Å². The first kappa shape index (κ1) is 8.99. The molecule has 0 aliphatic heterocycles. The number of rotatable bonds is 1. The van der Waals surface area contributed by atoms with Gasteiger partial charge in [0.15, 0.2) is 11.5 Å². The summed E-state index contributed by atoms with van der Waals surface area (Å²) in [7, 11) is 0. The summed E-state index contributed by atoms with van der Waals surface area (Å²) in [6.45, 7) is 3.97. The number of aromatic hydroxyl groups is 1. The molecule has 0 aliphatic rings. The van der Waals surface area contributed by atoms with Gasteiger partial charge in [-0.15, -0.1) is 0 Å². The van der Waals surface area contributed by atoms with Gasteiger partial charge < -0.3 is 9.51 Å². The third-order valence-corrected chi connectivity index (χ3v) is 2.18. The zero-order valence-electron chi connectivity index (χ0n) is 8.03. The van der Waals surface area contributed by atoms with Crippen LogP contribution in [0.2, 0.25) is 0 Å². The molecular formula is C10H11FN2O. The van der Waals surface area contributed by atoms with Crippen molar-refractivity contribution in [1.82, 2.24) is 9.38 Å². The third kappa shape index (κ3) is 1.32. The molecule has 0 saturated carbocycles. The van der Waals surface area contributed by atoms with Crippen LogP contribution in [0.1, 0.15) is 25.3 Å². The van der Waals surface area contributed by atoms with Crippen LogP contribution in [0.15, 0.2) is 18.5 Å². The minimum Gasteiger partial charge on any atom is -0.492 e. The first-order chi connectivity index (χ1) is 6.58. The highest BCUT2D eigenvalue weighted by atomic mass is 19.1. The maximum Gasteiger partial charge on any atom is 0.230 e. The lowest BCUT2D eigenvalue weighted by atomic mass is 10.1. The second-order valence-corrected chi connectivity index (χ2v) is 3.61. The Morgan fingerprint density at radius 1 is 1.43 bits per heavy atom. The number of pyridine rings is 1. The van der Waals surface area contributed by atoms with Gasteiger partial charge in [-0.1, -0.05) is 13.8 Å². The van der Waals surface area contributed by atoms with E-state index in [2.05, 4.69) is 4.98 Å². The maximum atomic E-state index is 13.4. The SMILES string of the molecule is CC(C)c1cc(F)c2nc(O)cn2c1. The molecule has 2 aromatic heterocycles. The number of hydrogen-bond donors (Lipinski definition) is 1. The monoisotopic (exact) mass is 194 g/mol. The van der Waals surface area contributed by atoms with E-state index in [9.17, 15) is 4.39 Å². The van der Waals surface area contributed by atoms with Crippen molar-refractivity contribution in [2.24, 2.45) is 0 Å². The Morgan fingerprint density at radius 2 is 2.14 bits per heavy atom. The first-order valence-corrected chi connectivity index (χ1v) is 4.45. The van der Waals surface area contributed by atoms with Gasteiger partial charge in [-0.3, -0.25) is 0 Å². The molecule has 2 aromatic rings. The van der Waals surface area contributed by atoms with Crippen LogP contribution >= 0.6 is 0 Å². The molecule has 2 heterocycles. The summed E-state index contributed by atoms with van der Waals surface area (Å²) in [5.74, 6) is -0.320. The second-order valence-electron chi connectivity index (χ2n) is 3.61. The van der Waals surface area contributed by atoms with Gasteiger partial charge >= 0.3 is 0 Å². The molecule has 0 fully saturated rings. The highest BCUT2D eigenvalue weighted by Gasteiger charge is 2.09. The number of nitrogens with zero attached hydrogens (tertiary/aromatic N) is 2. The largest absolute Gasteiger partial charge is 0.492 e. The van der Waals surface area contributed by atoms with Gasteiger partial charge in [0.05, 0.1) is 6.20 Å². The minimum atomic E-state index is -0.406. The fourth-order valence-electron chi connectivity index (χ4n) is 1.38. The Hall–Kier alpha value is -1.58. The molecule has 2 rings (SSSR count). The van der Waals surface area contributed by atoms with E-state index in [-0.39, 0.29) is 17.4 Å². The summed E-state index contributed by atoms with van der Waals surface area (Å²) in [5.41, 5.74) is 1.04. The summed E-state index contributed by atoms with van der Waals surface area (Å²) in [5, 5.41) is 9.11. The molecule has 74 valence electrons. The number of fused-ring (bicyclic) bond motifs is 1. The molecule has 0 saturated heterocycles. The van der Waals surface area contributed by atoms with Crippen LogP contribution in [-0.2, 0) is 0 Å². The highest BCUT2D eigenvalue weighted by Crippen LogP contribution is 2.20. The van der Waals surface area contributed by atoms with Gasteiger partial charge in [0, 0.05) is 6.20 Å². The van der Waals surface area contributed by atoms with Gasteiger partial charge in [0.25, 0.3) is 0 Å². The number of imidazole rings is 1. The fourth-order valence-corrected chi connectivity index (χ4v) is 1.38. The molecule has 14 heavy (non-hydrogen) atoms. The van der Waals surface area contributed by atoms with Crippen LogP contribution in [0.4, 0.5) is 4.39 Å². The van der Waals surface area contributed by atoms with Gasteiger partial charge in [-0.25, -0.2) is 4.39 Å². The molecule has 3 nitrogen and oxygen atoms in total. The quantitative estimate of drug-likeness (QED) is 0.756. The van der Waals surface area contributed by atoms with E-state index in [4.69, 9.17) is 5.11 Å². The summed E-state index contributed by atoms with van der Waals surface area (Å²) < 4.78 is 14.9. The number of aromatic nitrogens is 2. The molecule has 0 aliphatic carbocycles. The maximum absolute atomic E-state index is 13.4. The topological polar surface area (TPSA) is 37.5 Å². The number of hydrogen-bond acceptors (Lipinski definition) is 2. The van der Waals surface area contributed by atoms with Gasteiger partial charge in [-0.2, -0.15) is 4.98 Å². The van der Waals surface area contributed by atoms with Crippen molar-refractivity contribution in [2.75, 3.05) is 0 Å². The summed E-state index contributed by atoms with van der Waals surface area (Å²) in [4.78, 5) is 3.66. The lowest BCUT2D eigenvalue weighted by Crippen LogP contribution is -1.95. The Balaban J connectivity index is 2.71. The molecule has 0 aromatic carbocycles. The Labute approximate surface area is 80.8 Å². The van der Waals surface area contributed by atoms with Crippen LogP contribution in [0.25, 0.3) is 5.65 Å². The molecule has 0 unspecified atom stereocenters. The van der Waals surface area contributed by atoms with Crippen LogP contribution in [0.5, 0.6) is 5.88 Å². The third-order valence-electron chi connectivity index (χ3n) is 2.18. The van der Waals surface area contributed by atoms with Crippen molar-refractivity contribution in [3.05, 3.63) is 29.8 Å². The van der Waals surface area contributed by atoms with Crippen molar-refractivity contribution < 1.29 is 9.50 Å². The fraction of sp³-hybridized carbons (Fsp3) is 0.300. The molecule has 0 spiro atoms.